The van der Waals surface area contributed by atoms with Gasteiger partial charge in [-0.2, -0.15) is 4.98 Å². The van der Waals surface area contributed by atoms with Gasteiger partial charge in [-0.25, -0.2) is 4.98 Å². The molecule has 0 radical (unpaired) electrons. The Morgan fingerprint density at radius 2 is 2.10 bits per heavy atom. The highest BCUT2D eigenvalue weighted by Gasteiger charge is 2.41. The van der Waals surface area contributed by atoms with Crippen LogP contribution < -0.4 is 4.74 Å². The molecule has 2 atom stereocenters. The molecule has 1 fully saturated rings. The number of imidazole rings is 1. The maximum absolute atomic E-state index is 5.46. The highest BCUT2D eigenvalue weighted by molar-refractivity contribution is 7.71. The molecule has 5 nitrogen and oxygen atoms in total. The minimum Gasteiger partial charge on any atom is -0.479 e. The molecule has 4 rings (SSSR count). The van der Waals surface area contributed by atoms with Crippen LogP contribution in [0, 0.1) is 4.77 Å². The van der Waals surface area contributed by atoms with Gasteiger partial charge in [-0.1, -0.05) is 30.3 Å². The van der Waals surface area contributed by atoms with Gasteiger partial charge >= 0.3 is 0 Å². The van der Waals surface area contributed by atoms with Crippen LogP contribution in [0.3, 0.4) is 0 Å². The zero-order chi connectivity index (χ0) is 14.4. The second-order valence-electron chi connectivity index (χ2n) is 5.20. The summed E-state index contributed by atoms with van der Waals surface area (Å²) in [6.45, 7) is 0. The Balaban J connectivity index is 1.79. The number of fused-ring (bicyclic) bond motifs is 1. The van der Waals surface area contributed by atoms with E-state index < -0.39 is 0 Å². The van der Waals surface area contributed by atoms with E-state index >= 15 is 0 Å². The molecule has 0 spiro atoms. The Bertz CT molecular complexity index is 855. The van der Waals surface area contributed by atoms with Crippen LogP contribution in [0.15, 0.2) is 36.7 Å². The van der Waals surface area contributed by atoms with Crippen molar-refractivity contribution in [3.63, 3.8) is 0 Å². The van der Waals surface area contributed by atoms with Crippen molar-refractivity contribution in [3.05, 3.63) is 47.0 Å². The van der Waals surface area contributed by atoms with Gasteiger partial charge in [0.1, 0.15) is 11.8 Å². The van der Waals surface area contributed by atoms with Gasteiger partial charge < -0.3 is 9.72 Å². The summed E-state index contributed by atoms with van der Waals surface area (Å²) in [4.78, 5) is 11.7. The van der Waals surface area contributed by atoms with E-state index in [0.29, 0.717) is 22.6 Å². The summed E-state index contributed by atoms with van der Waals surface area (Å²) in [7, 11) is 1.60. The molecule has 0 bridgehead atoms. The number of benzene rings is 1. The second kappa shape index (κ2) is 4.66. The van der Waals surface area contributed by atoms with E-state index in [9.17, 15) is 0 Å². The SMILES string of the molecule is COc1ncnc2c1[nH]c(=S)n2C1CC1c1ccccc1. The lowest BCUT2D eigenvalue weighted by molar-refractivity contribution is 0.401. The van der Waals surface area contributed by atoms with Crippen LogP contribution in [0.2, 0.25) is 0 Å². The Morgan fingerprint density at radius 1 is 1.29 bits per heavy atom. The maximum atomic E-state index is 5.46. The van der Waals surface area contributed by atoms with Crippen LogP contribution in [-0.4, -0.2) is 26.6 Å². The summed E-state index contributed by atoms with van der Waals surface area (Å²) in [5.41, 5.74) is 2.93. The maximum Gasteiger partial charge on any atom is 0.242 e. The fraction of sp³-hybridized carbons (Fsp3) is 0.267. The molecule has 1 aliphatic rings. The second-order valence-corrected chi connectivity index (χ2v) is 5.59. The molecule has 0 amide bonds. The van der Waals surface area contributed by atoms with E-state index in [1.165, 1.54) is 11.9 Å². The molecule has 106 valence electrons. The number of methoxy groups -OCH3 is 1. The van der Waals surface area contributed by atoms with Gasteiger partial charge in [0.05, 0.1) is 7.11 Å². The average Bonchev–Trinajstić information content (AvgIpc) is 3.23. The third kappa shape index (κ3) is 1.94. The molecule has 0 saturated heterocycles. The smallest absolute Gasteiger partial charge is 0.242 e. The molecule has 2 aromatic heterocycles. The number of aromatic amines is 1. The Morgan fingerprint density at radius 3 is 2.86 bits per heavy atom. The first kappa shape index (κ1) is 12.5. The van der Waals surface area contributed by atoms with Crippen molar-refractivity contribution >= 4 is 23.4 Å². The Labute approximate surface area is 126 Å². The Hall–Kier alpha value is -2.21. The zero-order valence-corrected chi connectivity index (χ0v) is 12.3. The van der Waals surface area contributed by atoms with Gasteiger partial charge in [0.2, 0.25) is 5.88 Å². The van der Waals surface area contributed by atoms with Crippen molar-refractivity contribution in [3.8, 4) is 5.88 Å². The summed E-state index contributed by atoms with van der Waals surface area (Å²) in [6, 6.07) is 10.9. The lowest BCUT2D eigenvalue weighted by atomic mass is 10.1. The minimum absolute atomic E-state index is 0.355. The van der Waals surface area contributed by atoms with Gasteiger partial charge in [0.25, 0.3) is 0 Å². The topological polar surface area (TPSA) is 55.7 Å². The summed E-state index contributed by atoms with van der Waals surface area (Å²) >= 11 is 5.46. The monoisotopic (exact) mass is 298 g/mol. The fourth-order valence-electron chi connectivity index (χ4n) is 2.90. The van der Waals surface area contributed by atoms with Crippen molar-refractivity contribution in [1.29, 1.82) is 0 Å². The van der Waals surface area contributed by atoms with E-state index in [4.69, 9.17) is 17.0 Å². The molecule has 2 unspecified atom stereocenters. The molecule has 0 aliphatic heterocycles. The van der Waals surface area contributed by atoms with E-state index in [1.807, 2.05) is 6.07 Å². The number of aromatic nitrogens is 4. The lowest BCUT2D eigenvalue weighted by Gasteiger charge is -2.04. The molecule has 21 heavy (non-hydrogen) atoms. The van der Waals surface area contributed by atoms with Crippen LogP contribution in [-0.2, 0) is 0 Å². The normalized spacial score (nSPS) is 20.6. The van der Waals surface area contributed by atoms with Crippen molar-refractivity contribution in [2.24, 2.45) is 0 Å². The predicted molar refractivity (Wildman–Crippen MR) is 82.1 cm³/mol. The largest absolute Gasteiger partial charge is 0.479 e. The quantitative estimate of drug-likeness (QED) is 0.754. The highest BCUT2D eigenvalue weighted by Crippen LogP contribution is 2.52. The van der Waals surface area contributed by atoms with Crippen LogP contribution in [0.5, 0.6) is 5.88 Å². The van der Waals surface area contributed by atoms with Gasteiger partial charge in [-0.05, 0) is 24.2 Å². The third-order valence-electron chi connectivity index (χ3n) is 3.98. The molecule has 3 aromatic rings. The van der Waals surface area contributed by atoms with E-state index in [0.717, 1.165) is 17.6 Å². The van der Waals surface area contributed by atoms with Gasteiger partial charge in [-0.15, -0.1) is 0 Å². The zero-order valence-electron chi connectivity index (χ0n) is 11.5. The molecule has 1 aliphatic carbocycles. The summed E-state index contributed by atoms with van der Waals surface area (Å²) in [5.74, 6) is 1.03. The summed E-state index contributed by atoms with van der Waals surface area (Å²) < 4.78 is 8.03. The van der Waals surface area contributed by atoms with Crippen molar-refractivity contribution < 1.29 is 4.74 Å². The van der Waals surface area contributed by atoms with Gasteiger partial charge in [0, 0.05) is 12.0 Å². The standard InChI is InChI=1S/C15H14N4OS/c1-20-14-12-13(16-8-17-14)19(15(21)18-12)11-7-10(11)9-5-3-2-4-6-9/h2-6,8,10-11H,7H2,1H3,(H,18,21). The number of ether oxygens (including phenoxy) is 1. The Kier molecular flexibility index (Phi) is 2.78. The van der Waals surface area contributed by atoms with E-state index in [-0.39, 0.29) is 0 Å². The fourth-order valence-corrected chi connectivity index (χ4v) is 3.23. The van der Waals surface area contributed by atoms with Crippen molar-refractivity contribution in [2.75, 3.05) is 7.11 Å². The third-order valence-corrected chi connectivity index (χ3v) is 4.28. The molecular weight excluding hydrogens is 284 g/mol. The van der Waals surface area contributed by atoms with E-state index in [2.05, 4.69) is 43.8 Å². The van der Waals surface area contributed by atoms with Crippen molar-refractivity contribution in [1.82, 2.24) is 19.5 Å². The first-order valence-corrected chi connectivity index (χ1v) is 7.24. The number of hydrogen-bond donors (Lipinski definition) is 1. The highest BCUT2D eigenvalue weighted by atomic mass is 32.1. The average molecular weight is 298 g/mol. The molecular formula is C15H14N4OS. The van der Waals surface area contributed by atoms with Crippen molar-refractivity contribution in [2.45, 2.75) is 18.4 Å². The summed E-state index contributed by atoms with van der Waals surface area (Å²) in [5, 5.41) is 0. The minimum atomic E-state index is 0.355. The molecule has 1 aromatic carbocycles. The first-order chi connectivity index (χ1) is 10.3. The first-order valence-electron chi connectivity index (χ1n) is 6.83. The van der Waals surface area contributed by atoms with Crippen LogP contribution in [0.4, 0.5) is 0 Å². The molecule has 1 N–H and O–H groups in total. The molecule has 2 heterocycles. The number of nitrogens with one attached hydrogen (secondary N) is 1. The predicted octanol–water partition coefficient (Wildman–Crippen LogP) is 3.23. The number of nitrogens with zero attached hydrogens (tertiary/aromatic N) is 3. The number of H-pyrrole nitrogens is 1. The number of rotatable bonds is 3. The van der Waals surface area contributed by atoms with E-state index in [1.54, 1.807) is 7.11 Å². The van der Waals surface area contributed by atoms with Gasteiger partial charge in [-0.3, -0.25) is 4.57 Å². The number of hydrogen-bond acceptors (Lipinski definition) is 4. The van der Waals surface area contributed by atoms with Crippen LogP contribution in [0.1, 0.15) is 23.9 Å². The molecule has 1 saturated carbocycles. The van der Waals surface area contributed by atoms with Crippen LogP contribution >= 0.6 is 12.2 Å². The van der Waals surface area contributed by atoms with Gasteiger partial charge in [0.15, 0.2) is 10.4 Å². The van der Waals surface area contributed by atoms with Crippen LogP contribution in [0.25, 0.3) is 11.2 Å². The molecule has 6 heteroatoms. The lowest BCUT2D eigenvalue weighted by Crippen LogP contribution is -1.98. The summed E-state index contributed by atoms with van der Waals surface area (Å²) in [6.07, 6.45) is 2.60.